The molecule has 0 spiro atoms. The molecule has 3 nitrogen and oxygen atoms in total. The van der Waals surface area contributed by atoms with Crippen LogP contribution in [0.2, 0.25) is 0 Å². The fraction of sp³-hybridized carbons (Fsp3) is 0.500. The number of hydrogen-bond acceptors (Lipinski definition) is 1. The van der Waals surface area contributed by atoms with E-state index in [0.717, 1.165) is 6.42 Å². The van der Waals surface area contributed by atoms with E-state index in [4.69, 9.17) is 9.90 Å². The summed E-state index contributed by atoms with van der Waals surface area (Å²) in [5.74, 6) is 5.63. The first kappa shape index (κ1) is 10.7. The summed E-state index contributed by atoms with van der Waals surface area (Å²) in [4.78, 5) is 8.78. The molecule has 3 N–H and O–H groups in total. The van der Waals surface area contributed by atoms with Gasteiger partial charge >= 0.3 is 6.09 Å². The topological polar surface area (TPSA) is 63.3 Å². The first-order chi connectivity index (χ1) is 4.15. The second kappa shape index (κ2) is 9.95. The van der Waals surface area contributed by atoms with E-state index in [0.29, 0.717) is 0 Å². The Bertz CT molecular complexity index is 117. The molecule has 0 unspecified atom stereocenters. The summed E-state index contributed by atoms with van der Waals surface area (Å²) < 4.78 is 0. The van der Waals surface area contributed by atoms with E-state index in [9.17, 15) is 0 Å². The zero-order chi connectivity index (χ0) is 7.70. The predicted molar refractivity (Wildman–Crippen MR) is 36.0 cm³/mol. The van der Waals surface area contributed by atoms with Crippen molar-refractivity contribution in [2.75, 3.05) is 0 Å². The highest BCUT2D eigenvalue weighted by atomic mass is 16.4. The number of primary amides is 1. The van der Waals surface area contributed by atoms with Gasteiger partial charge in [-0.25, -0.2) is 4.79 Å². The molecule has 0 atom stereocenters. The van der Waals surface area contributed by atoms with Crippen LogP contribution in [0.4, 0.5) is 4.79 Å². The summed E-state index contributed by atoms with van der Waals surface area (Å²) >= 11 is 0. The van der Waals surface area contributed by atoms with Crippen molar-refractivity contribution in [2.24, 2.45) is 5.73 Å². The lowest BCUT2D eigenvalue weighted by Gasteiger charge is -1.61. The average molecular weight is 129 g/mol. The Hall–Kier alpha value is -1.17. The van der Waals surface area contributed by atoms with Crippen molar-refractivity contribution in [3.05, 3.63) is 0 Å². The summed E-state index contributed by atoms with van der Waals surface area (Å²) in [5, 5.41) is 7.19. The number of carbonyl (C=O) groups is 1. The maximum absolute atomic E-state index is 8.78. The standard InChI is InChI=1S/C5H8.CH3NO2/c1-3-5-4-2;2-1(3)4/h3H2,1-2H3;2H2,(H,3,4). The Morgan fingerprint density at radius 3 is 2.11 bits per heavy atom. The predicted octanol–water partition coefficient (Wildman–Crippen LogP) is 1.04. The van der Waals surface area contributed by atoms with Crippen molar-refractivity contribution >= 4 is 6.09 Å². The Labute approximate surface area is 54.9 Å². The fourth-order valence-electron chi connectivity index (χ4n) is 0.177. The largest absolute Gasteiger partial charge is 0.465 e. The van der Waals surface area contributed by atoms with Gasteiger partial charge < -0.3 is 10.8 Å². The van der Waals surface area contributed by atoms with Gasteiger partial charge in [-0.2, -0.15) is 0 Å². The van der Waals surface area contributed by atoms with Crippen LogP contribution in [0.25, 0.3) is 0 Å². The highest BCUT2D eigenvalue weighted by molar-refractivity contribution is 5.61. The van der Waals surface area contributed by atoms with Crippen molar-refractivity contribution in [1.82, 2.24) is 0 Å². The van der Waals surface area contributed by atoms with Crippen LogP contribution >= 0.6 is 0 Å². The van der Waals surface area contributed by atoms with Crippen LogP contribution in [0.1, 0.15) is 20.3 Å². The van der Waals surface area contributed by atoms with Crippen LogP contribution in [0, 0.1) is 11.8 Å². The first-order valence-corrected chi connectivity index (χ1v) is 2.53. The lowest BCUT2D eigenvalue weighted by atomic mass is 10.5. The number of rotatable bonds is 0. The van der Waals surface area contributed by atoms with E-state index in [-0.39, 0.29) is 0 Å². The molecule has 0 aromatic rings. The van der Waals surface area contributed by atoms with E-state index < -0.39 is 6.09 Å². The molecule has 9 heavy (non-hydrogen) atoms. The van der Waals surface area contributed by atoms with Gasteiger partial charge in [0.05, 0.1) is 0 Å². The third-order valence-electron chi connectivity index (χ3n) is 0.354. The smallest absolute Gasteiger partial charge is 0.402 e. The zero-order valence-corrected chi connectivity index (χ0v) is 5.64. The van der Waals surface area contributed by atoms with Gasteiger partial charge in [0.1, 0.15) is 0 Å². The molecule has 0 saturated carbocycles. The molecule has 3 heteroatoms. The lowest BCUT2D eigenvalue weighted by molar-refractivity contribution is 0.205. The maximum Gasteiger partial charge on any atom is 0.402 e. The van der Waals surface area contributed by atoms with Crippen LogP contribution in [0.5, 0.6) is 0 Å². The molecule has 0 heterocycles. The highest BCUT2D eigenvalue weighted by Crippen LogP contribution is 1.62. The van der Waals surface area contributed by atoms with Crippen molar-refractivity contribution in [3.8, 4) is 11.8 Å². The van der Waals surface area contributed by atoms with Crippen LogP contribution in [0.3, 0.4) is 0 Å². The molecule has 0 aliphatic heterocycles. The Morgan fingerprint density at radius 2 is 2.11 bits per heavy atom. The van der Waals surface area contributed by atoms with E-state index >= 15 is 0 Å². The molecule has 0 radical (unpaired) electrons. The quantitative estimate of drug-likeness (QED) is 0.480. The van der Waals surface area contributed by atoms with Gasteiger partial charge in [0.25, 0.3) is 0 Å². The van der Waals surface area contributed by atoms with Crippen LogP contribution in [0.15, 0.2) is 0 Å². The van der Waals surface area contributed by atoms with E-state index in [1.165, 1.54) is 0 Å². The molecular formula is C6H11NO2. The van der Waals surface area contributed by atoms with Gasteiger partial charge in [-0.3, -0.25) is 0 Å². The Balaban J connectivity index is 0. The second-order valence-electron chi connectivity index (χ2n) is 1.12. The fourth-order valence-corrected chi connectivity index (χ4v) is 0.177. The zero-order valence-electron chi connectivity index (χ0n) is 5.64. The van der Waals surface area contributed by atoms with Crippen LogP contribution in [-0.2, 0) is 0 Å². The minimum atomic E-state index is -1.33. The van der Waals surface area contributed by atoms with Gasteiger partial charge in [0.2, 0.25) is 0 Å². The first-order valence-electron chi connectivity index (χ1n) is 2.53. The number of hydrogen-bond donors (Lipinski definition) is 2. The third kappa shape index (κ3) is 231. The number of amides is 1. The molecular weight excluding hydrogens is 118 g/mol. The lowest BCUT2D eigenvalue weighted by Crippen LogP contribution is -2.03. The molecule has 0 rings (SSSR count). The Morgan fingerprint density at radius 1 is 1.78 bits per heavy atom. The third-order valence-corrected chi connectivity index (χ3v) is 0.354. The SMILES string of the molecule is CC#CCC.NC(=O)O. The molecule has 0 aliphatic rings. The van der Waals surface area contributed by atoms with Gasteiger partial charge in [-0.05, 0) is 6.92 Å². The minimum Gasteiger partial charge on any atom is -0.465 e. The monoisotopic (exact) mass is 129 g/mol. The van der Waals surface area contributed by atoms with Gasteiger partial charge in [0.15, 0.2) is 0 Å². The van der Waals surface area contributed by atoms with Gasteiger partial charge in [0, 0.05) is 6.42 Å². The van der Waals surface area contributed by atoms with E-state index in [2.05, 4.69) is 17.6 Å². The van der Waals surface area contributed by atoms with Crippen molar-refractivity contribution < 1.29 is 9.90 Å². The minimum absolute atomic E-state index is 0.983. The van der Waals surface area contributed by atoms with Crippen LogP contribution in [-0.4, -0.2) is 11.2 Å². The molecule has 0 aromatic heterocycles. The van der Waals surface area contributed by atoms with E-state index in [1.54, 1.807) is 0 Å². The Kier molecular flexibility index (Phi) is 11.9. The normalized spacial score (nSPS) is 5.56. The molecule has 0 aromatic carbocycles. The second-order valence-corrected chi connectivity index (χ2v) is 1.12. The maximum atomic E-state index is 8.78. The van der Waals surface area contributed by atoms with Crippen molar-refractivity contribution in [3.63, 3.8) is 0 Å². The summed E-state index contributed by atoms with van der Waals surface area (Å²) in [6.07, 6.45) is -0.351. The number of nitrogens with two attached hydrogens (primary N) is 1. The highest BCUT2D eigenvalue weighted by Gasteiger charge is 1.65. The molecule has 0 bridgehead atoms. The summed E-state index contributed by atoms with van der Waals surface area (Å²) in [7, 11) is 0. The number of carboxylic acid groups (broad SMARTS) is 1. The summed E-state index contributed by atoms with van der Waals surface area (Å²) in [5.41, 5.74) is 4.03. The summed E-state index contributed by atoms with van der Waals surface area (Å²) in [6.45, 7) is 3.89. The molecule has 52 valence electrons. The molecule has 0 saturated heterocycles. The van der Waals surface area contributed by atoms with Crippen LogP contribution < -0.4 is 5.73 Å². The molecule has 0 aliphatic carbocycles. The van der Waals surface area contributed by atoms with E-state index in [1.807, 2.05) is 13.8 Å². The molecule has 1 amide bonds. The van der Waals surface area contributed by atoms with Gasteiger partial charge in [-0.1, -0.05) is 6.92 Å². The van der Waals surface area contributed by atoms with Crippen molar-refractivity contribution in [1.29, 1.82) is 0 Å². The van der Waals surface area contributed by atoms with Gasteiger partial charge in [-0.15, -0.1) is 11.8 Å². The van der Waals surface area contributed by atoms with Crippen molar-refractivity contribution in [2.45, 2.75) is 20.3 Å². The molecule has 0 fully saturated rings. The summed E-state index contributed by atoms with van der Waals surface area (Å²) in [6, 6.07) is 0. The average Bonchev–Trinajstić information content (AvgIpc) is 1.66.